The van der Waals surface area contributed by atoms with Crippen LogP contribution >= 0.6 is 0 Å². The smallest absolute Gasteiger partial charge is 0.254 e. The van der Waals surface area contributed by atoms with Crippen molar-refractivity contribution in [2.75, 3.05) is 32.8 Å². The largest absolute Gasteiger partial charge is 0.492 e. The number of rotatable bonds is 4. The van der Waals surface area contributed by atoms with Crippen LogP contribution in [-0.4, -0.2) is 60.4 Å². The van der Waals surface area contributed by atoms with Gasteiger partial charge in [0.05, 0.1) is 0 Å². The second-order valence-electron chi connectivity index (χ2n) is 7.24. The summed E-state index contributed by atoms with van der Waals surface area (Å²) in [6, 6.07) is 7.58. The Morgan fingerprint density at radius 1 is 1.23 bits per heavy atom. The van der Waals surface area contributed by atoms with Crippen molar-refractivity contribution in [2.24, 2.45) is 11.7 Å². The lowest BCUT2D eigenvalue weighted by molar-refractivity contribution is -0.131. The van der Waals surface area contributed by atoms with Gasteiger partial charge in [0, 0.05) is 44.7 Å². The van der Waals surface area contributed by atoms with E-state index in [2.05, 4.69) is 0 Å². The molecule has 6 nitrogen and oxygen atoms in total. The van der Waals surface area contributed by atoms with E-state index < -0.39 is 0 Å². The Morgan fingerprint density at radius 3 is 2.85 bits per heavy atom. The average Bonchev–Trinajstić information content (AvgIpc) is 2.87. The molecule has 1 aromatic rings. The quantitative estimate of drug-likeness (QED) is 0.891. The standard InChI is InChI=1S/C20H29N3O3/c1-15(24)22-11-8-19-17(14-22)5-2-3-10-23(19)20(25)16-6-4-7-18(13-16)26-12-9-21/h4,6-7,13,17,19H,2-3,5,8-12,14,21H2,1H3/t17-,19+/m0/s1. The van der Waals surface area contributed by atoms with Gasteiger partial charge in [0.2, 0.25) is 5.91 Å². The first kappa shape index (κ1) is 18.7. The van der Waals surface area contributed by atoms with Crippen LogP contribution in [0, 0.1) is 5.92 Å². The van der Waals surface area contributed by atoms with Crippen molar-refractivity contribution in [1.82, 2.24) is 9.80 Å². The van der Waals surface area contributed by atoms with Crippen LogP contribution in [0.2, 0.25) is 0 Å². The van der Waals surface area contributed by atoms with Gasteiger partial charge in [-0.05, 0) is 43.4 Å². The highest BCUT2D eigenvalue weighted by molar-refractivity contribution is 5.95. The molecule has 0 saturated carbocycles. The minimum atomic E-state index is 0.0661. The lowest BCUT2D eigenvalue weighted by Crippen LogP contribution is -2.53. The molecule has 3 rings (SSSR count). The molecule has 0 spiro atoms. The number of ether oxygens (including phenoxy) is 1. The summed E-state index contributed by atoms with van der Waals surface area (Å²) < 4.78 is 5.57. The molecule has 2 fully saturated rings. The Morgan fingerprint density at radius 2 is 2.08 bits per heavy atom. The molecule has 0 radical (unpaired) electrons. The molecule has 0 unspecified atom stereocenters. The lowest BCUT2D eigenvalue weighted by atomic mass is 9.88. The molecule has 0 aromatic heterocycles. The maximum atomic E-state index is 13.2. The van der Waals surface area contributed by atoms with E-state index >= 15 is 0 Å². The average molecular weight is 359 g/mol. The normalized spacial score (nSPS) is 23.2. The summed E-state index contributed by atoms with van der Waals surface area (Å²) in [6.07, 6.45) is 4.07. The van der Waals surface area contributed by atoms with Crippen molar-refractivity contribution in [3.63, 3.8) is 0 Å². The minimum Gasteiger partial charge on any atom is -0.492 e. The fourth-order valence-electron chi connectivity index (χ4n) is 4.17. The number of piperidine rings is 1. The zero-order chi connectivity index (χ0) is 18.5. The Kier molecular flexibility index (Phi) is 6.14. The summed E-state index contributed by atoms with van der Waals surface area (Å²) in [5.41, 5.74) is 6.15. The van der Waals surface area contributed by atoms with E-state index in [0.717, 1.165) is 45.3 Å². The number of hydrogen-bond donors (Lipinski definition) is 1. The molecule has 2 amide bonds. The van der Waals surface area contributed by atoms with E-state index in [9.17, 15) is 9.59 Å². The third-order valence-corrected chi connectivity index (χ3v) is 5.49. The molecule has 2 saturated heterocycles. The van der Waals surface area contributed by atoms with Crippen molar-refractivity contribution in [1.29, 1.82) is 0 Å². The van der Waals surface area contributed by atoms with Crippen molar-refractivity contribution < 1.29 is 14.3 Å². The van der Waals surface area contributed by atoms with Gasteiger partial charge in [0.25, 0.3) is 5.91 Å². The first-order valence-electron chi connectivity index (χ1n) is 9.59. The predicted molar refractivity (Wildman–Crippen MR) is 100 cm³/mol. The van der Waals surface area contributed by atoms with E-state index in [1.54, 1.807) is 6.92 Å². The van der Waals surface area contributed by atoms with Crippen molar-refractivity contribution in [3.8, 4) is 5.75 Å². The number of likely N-dealkylation sites (tertiary alicyclic amines) is 2. The van der Waals surface area contributed by atoms with Crippen molar-refractivity contribution >= 4 is 11.8 Å². The molecule has 142 valence electrons. The molecule has 2 atom stereocenters. The van der Waals surface area contributed by atoms with E-state index in [1.165, 1.54) is 0 Å². The lowest BCUT2D eigenvalue weighted by Gasteiger charge is -2.42. The highest BCUT2D eigenvalue weighted by atomic mass is 16.5. The fourth-order valence-corrected chi connectivity index (χ4v) is 4.17. The van der Waals surface area contributed by atoms with Crippen LogP contribution in [0.3, 0.4) is 0 Å². The van der Waals surface area contributed by atoms with Gasteiger partial charge in [-0.15, -0.1) is 0 Å². The predicted octanol–water partition coefficient (Wildman–Crippen LogP) is 1.89. The van der Waals surface area contributed by atoms with Gasteiger partial charge in [-0.2, -0.15) is 0 Å². The number of carbonyl (C=O) groups excluding carboxylic acids is 2. The molecule has 0 aliphatic carbocycles. The number of benzene rings is 1. The Balaban J connectivity index is 1.76. The van der Waals surface area contributed by atoms with Crippen LogP contribution in [0.25, 0.3) is 0 Å². The highest BCUT2D eigenvalue weighted by Gasteiger charge is 2.37. The van der Waals surface area contributed by atoms with Gasteiger partial charge in [-0.3, -0.25) is 9.59 Å². The van der Waals surface area contributed by atoms with E-state index in [0.29, 0.717) is 30.4 Å². The van der Waals surface area contributed by atoms with Crippen LogP contribution in [0.5, 0.6) is 5.75 Å². The zero-order valence-electron chi connectivity index (χ0n) is 15.5. The first-order valence-corrected chi connectivity index (χ1v) is 9.59. The second-order valence-corrected chi connectivity index (χ2v) is 7.24. The second kappa shape index (κ2) is 8.54. The summed E-state index contributed by atoms with van der Waals surface area (Å²) in [5.74, 6) is 1.25. The topological polar surface area (TPSA) is 75.9 Å². The number of fused-ring (bicyclic) bond motifs is 1. The molecular weight excluding hydrogens is 330 g/mol. The molecule has 6 heteroatoms. The van der Waals surface area contributed by atoms with E-state index in [1.807, 2.05) is 34.1 Å². The number of amides is 2. The molecule has 2 heterocycles. The van der Waals surface area contributed by atoms with Gasteiger partial charge in [0.1, 0.15) is 12.4 Å². The molecule has 2 aliphatic heterocycles. The zero-order valence-corrected chi connectivity index (χ0v) is 15.5. The third kappa shape index (κ3) is 4.18. The van der Waals surface area contributed by atoms with Crippen LogP contribution in [0.15, 0.2) is 24.3 Å². The number of carbonyl (C=O) groups is 2. The van der Waals surface area contributed by atoms with Gasteiger partial charge < -0.3 is 20.3 Å². The summed E-state index contributed by atoms with van der Waals surface area (Å²) in [7, 11) is 0. The monoisotopic (exact) mass is 359 g/mol. The maximum Gasteiger partial charge on any atom is 0.254 e. The van der Waals surface area contributed by atoms with Crippen LogP contribution in [0.1, 0.15) is 43.0 Å². The highest BCUT2D eigenvalue weighted by Crippen LogP contribution is 2.31. The molecule has 2 aliphatic rings. The summed E-state index contributed by atoms with van der Waals surface area (Å²) >= 11 is 0. The van der Waals surface area contributed by atoms with Gasteiger partial charge in [-0.25, -0.2) is 0 Å². The van der Waals surface area contributed by atoms with Crippen molar-refractivity contribution in [2.45, 2.75) is 38.6 Å². The van der Waals surface area contributed by atoms with Crippen LogP contribution in [0.4, 0.5) is 0 Å². The van der Waals surface area contributed by atoms with Crippen molar-refractivity contribution in [3.05, 3.63) is 29.8 Å². The van der Waals surface area contributed by atoms with Gasteiger partial charge >= 0.3 is 0 Å². The van der Waals surface area contributed by atoms with Gasteiger partial charge in [-0.1, -0.05) is 12.5 Å². The summed E-state index contributed by atoms with van der Waals surface area (Å²) in [5, 5.41) is 0. The molecular formula is C20H29N3O3. The fraction of sp³-hybridized carbons (Fsp3) is 0.600. The molecule has 26 heavy (non-hydrogen) atoms. The minimum absolute atomic E-state index is 0.0661. The maximum absolute atomic E-state index is 13.2. The summed E-state index contributed by atoms with van der Waals surface area (Å²) in [6.45, 7) is 4.80. The van der Waals surface area contributed by atoms with E-state index in [4.69, 9.17) is 10.5 Å². The first-order chi connectivity index (χ1) is 12.6. The Bertz CT molecular complexity index is 649. The summed E-state index contributed by atoms with van der Waals surface area (Å²) in [4.78, 5) is 28.9. The van der Waals surface area contributed by atoms with Crippen LogP contribution < -0.4 is 10.5 Å². The van der Waals surface area contributed by atoms with Gasteiger partial charge in [0.15, 0.2) is 0 Å². The Hall–Kier alpha value is -2.08. The van der Waals surface area contributed by atoms with Crippen LogP contribution in [-0.2, 0) is 4.79 Å². The number of nitrogens with zero attached hydrogens (tertiary/aromatic N) is 2. The molecule has 1 aromatic carbocycles. The van der Waals surface area contributed by atoms with E-state index in [-0.39, 0.29) is 17.9 Å². The number of nitrogens with two attached hydrogens (primary N) is 1. The molecule has 0 bridgehead atoms. The Labute approximate surface area is 155 Å². The SMILES string of the molecule is CC(=O)N1CC[C@@H]2[C@@H](CCCCN2C(=O)c2cccc(OCCN)c2)C1. The number of hydrogen-bond acceptors (Lipinski definition) is 4. The molecule has 2 N–H and O–H groups in total. The third-order valence-electron chi connectivity index (χ3n) is 5.49.